The van der Waals surface area contributed by atoms with Crippen LogP contribution in [0.2, 0.25) is 0 Å². The van der Waals surface area contributed by atoms with E-state index in [1.165, 1.54) is 0 Å². The average molecular weight is 292 g/mol. The normalized spacial score (nSPS) is 12.8. The van der Waals surface area contributed by atoms with Crippen LogP contribution >= 0.6 is 12.2 Å². The third-order valence-corrected chi connectivity index (χ3v) is 3.93. The Balaban J connectivity index is 2.67. The van der Waals surface area contributed by atoms with Gasteiger partial charge in [-0.3, -0.25) is 4.79 Å². The highest BCUT2D eigenvalue weighted by Gasteiger charge is 2.24. The number of rotatable bonds is 7. The zero-order chi connectivity index (χ0) is 15.2. The summed E-state index contributed by atoms with van der Waals surface area (Å²) in [6.07, 6.45) is 1.55. The lowest BCUT2D eigenvalue weighted by Gasteiger charge is -2.24. The molecule has 0 heterocycles. The standard InChI is InChI=1S/C16H24N2OS/c1-4-16(2,3)11-18-15(19)13(14(17)20)10-12-8-6-5-7-9-12/h5-9,13H,4,10-11H2,1-3H3,(H2,17,20)(H,18,19). The predicted octanol–water partition coefficient (Wildman–Crippen LogP) is 2.68. The number of thiocarbonyl (C=S) groups is 1. The van der Waals surface area contributed by atoms with Crippen LogP contribution in [0.3, 0.4) is 0 Å². The smallest absolute Gasteiger partial charge is 0.230 e. The Kier molecular flexibility index (Phi) is 6.14. The fourth-order valence-corrected chi connectivity index (χ4v) is 1.94. The van der Waals surface area contributed by atoms with E-state index in [1.54, 1.807) is 0 Å². The van der Waals surface area contributed by atoms with E-state index >= 15 is 0 Å². The molecule has 110 valence electrons. The summed E-state index contributed by atoms with van der Waals surface area (Å²) in [6, 6.07) is 9.81. The second kappa shape index (κ2) is 7.39. The third-order valence-electron chi connectivity index (χ3n) is 3.64. The van der Waals surface area contributed by atoms with Gasteiger partial charge in [0.15, 0.2) is 0 Å². The number of hydrogen-bond acceptors (Lipinski definition) is 2. The molecule has 1 amide bonds. The molecule has 1 unspecified atom stereocenters. The van der Waals surface area contributed by atoms with Gasteiger partial charge in [-0.25, -0.2) is 0 Å². The molecule has 0 aliphatic heterocycles. The minimum atomic E-state index is -0.444. The van der Waals surface area contributed by atoms with Crippen LogP contribution in [0.4, 0.5) is 0 Å². The topological polar surface area (TPSA) is 55.1 Å². The Morgan fingerprint density at radius 1 is 1.35 bits per heavy atom. The van der Waals surface area contributed by atoms with E-state index in [9.17, 15) is 4.79 Å². The van der Waals surface area contributed by atoms with Gasteiger partial charge in [0.1, 0.15) is 0 Å². The summed E-state index contributed by atoms with van der Waals surface area (Å²) in [5, 5.41) is 2.97. The van der Waals surface area contributed by atoms with Gasteiger partial charge in [-0.1, -0.05) is 63.3 Å². The zero-order valence-electron chi connectivity index (χ0n) is 12.5. The summed E-state index contributed by atoms with van der Waals surface area (Å²) < 4.78 is 0. The van der Waals surface area contributed by atoms with Gasteiger partial charge in [-0.05, 0) is 23.8 Å². The molecular formula is C16H24N2OS. The van der Waals surface area contributed by atoms with Crippen molar-refractivity contribution >= 4 is 23.1 Å². The number of amides is 1. The summed E-state index contributed by atoms with van der Waals surface area (Å²) in [5.41, 5.74) is 6.88. The van der Waals surface area contributed by atoms with Gasteiger partial charge >= 0.3 is 0 Å². The minimum absolute atomic E-state index is 0.0807. The molecule has 4 heteroatoms. The molecule has 1 aromatic rings. The van der Waals surface area contributed by atoms with Crippen molar-refractivity contribution in [3.8, 4) is 0 Å². The maximum absolute atomic E-state index is 12.3. The van der Waals surface area contributed by atoms with E-state index in [1.807, 2.05) is 30.3 Å². The molecule has 0 aromatic heterocycles. The largest absolute Gasteiger partial charge is 0.393 e. The molecule has 0 bridgehead atoms. The molecule has 0 radical (unpaired) electrons. The van der Waals surface area contributed by atoms with E-state index in [4.69, 9.17) is 18.0 Å². The van der Waals surface area contributed by atoms with Crippen molar-refractivity contribution < 1.29 is 4.79 Å². The molecule has 1 atom stereocenters. The summed E-state index contributed by atoms with van der Waals surface area (Å²) in [5.74, 6) is -0.525. The maximum atomic E-state index is 12.3. The first-order valence-electron chi connectivity index (χ1n) is 6.96. The summed E-state index contributed by atoms with van der Waals surface area (Å²) in [4.78, 5) is 12.5. The van der Waals surface area contributed by atoms with E-state index in [-0.39, 0.29) is 16.3 Å². The molecule has 0 saturated carbocycles. The highest BCUT2D eigenvalue weighted by atomic mass is 32.1. The van der Waals surface area contributed by atoms with Gasteiger partial charge in [0.25, 0.3) is 0 Å². The predicted molar refractivity (Wildman–Crippen MR) is 87.5 cm³/mol. The first-order chi connectivity index (χ1) is 9.35. The number of nitrogens with two attached hydrogens (primary N) is 1. The van der Waals surface area contributed by atoms with Crippen LogP contribution in [0, 0.1) is 11.3 Å². The van der Waals surface area contributed by atoms with Crippen LogP contribution in [0.1, 0.15) is 32.8 Å². The molecule has 1 rings (SSSR count). The van der Waals surface area contributed by atoms with Crippen molar-refractivity contribution in [2.45, 2.75) is 33.6 Å². The average Bonchev–Trinajstić information content (AvgIpc) is 2.43. The molecule has 0 aliphatic rings. The minimum Gasteiger partial charge on any atom is -0.393 e. The van der Waals surface area contributed by atoms with Gasteiger partial charge in [0, 0.05) is 6.54 Å². The monoisotopic (exact) mass is 292 g/mol. The lowest BCUT2D eigenvalue weighted by Crippen LogP contribution is -2.42. The second-order valence-electron chi connectivity index (χ2n) is 5.88. The zero-order valence-corrected chi connectivity index (χ0v) is 13.3. The van der Waals surface area contributed by atoms with Gasteiger partial charge in [0.05, 0.1) is 10.9 Å². The number of carbonyl (C=O) groups is 1. The van der Waals surface area contributed by atoms with E-state index in [0.29, 0.717) is 13.0 Å². The van der Waals surface area contributed by atoms with Gasteiger partial charge in [-0.15, -0.1) is 0 Å². The van der Waals surface area contributed by atoms with Crippen LogP contribution in [-0.4, -0.2) is 17.4 Å². The molecule has 0 saturated heterocycles. The Morgan fingerprint density at radius 3 is 2.45 bits per heavy atom. The fraction of sp³-hybridized carbons (Fsp3) is 0.500. The highest BCUT2D eigenvalue weighted by molar-refractivity contribution is 7.80. The number of hydrogen-bond donors (Lipinski definition) is 2. The second-order valence-corrected chi connectivity index (χ2v) is 6.35. The molecular weight excluding hydrogens is 268 g/mol. The van der Waals surface area contributed by atoms with Crippen molar-refractivity contribution in [1.29, 1.82) is 0 Å². The summed E-state index contributed by atoms with van der Waals surface area (Å²) in [7, 11) is 0. The van der Waals surface area contributed by atoms with Crippen LogP contribution in [0.5, 0.6) is 0 Å². The third kappa shape index (κ3) is 5.29. The highest BCUT2D eigenvalue weighted by Crippen LogP contribution is 2.18. The Bertz CT molecular complexity index is 457. The SMILES string of the molecule is CCC(C)(C)CNC(=O)C(Cc1ccccc1)C(N)=S. The van der Waals surface area contributed by atoms with Crippen molar-refractivity contribution in [2.75, 3.05) is 6.54 Å². The Labute approximate surface area is 126 Å². The van der Waals surface area contributed by atoms with E-state index < -0.39 is 5.92 Å². The first kappa shape index (κ1) is 16.6. The molecule has 0 aliphatic carbocycles. The van der Waals surface area contributed by atoms with E-state index in [0.717, 1.165) is 12.0 Å². The van der Waals surface area contributed by atoms with Gasteiger partial charge < -0.3 is 11.1 Å². The maximum Gasteiger partial charge on any atom is 0.230 e. The van der Waals surface area contributed by atoms with Crippen LogP contribution in [-0.2, 0) is 11.2 Å². The first-order valence-corrected chi connectivity index (χ1v) is 7.37. The molecule has 1 aromatic carbocycles. The lowest BCUT2D eigenvalue weighted by atomic mass is 9.90. The van der Waals surface area contributed by atoms with Crippen molar-refractivity contribution in [3.05, 3.63) is 35.9 Å². The Morgan fingerprint density at radius 2 is 1.95 bits per heavy atom. The van der Waals surface area contributed by atoms with Crippen LogP contribution in [0.25, 0.3) is 0 Å². The van der Waals surface area contributed by atoms with E-state index in [2.05, 4.69) is 26.1 Å². The molecule has 0 spiro atoms. The number of nitrogens with one attached hydrogen (secondary N) is 1. The lowest BCUT2D eigenvalue weighted by molar-refractivity contribution is -0.123. The Hall–Kier alpha value is -1.42. The molecule has 20 heavy (non-hydrogen) atoms. The fourth-order valence-electron chi connectivity index (χ4n) is 1.75. The molecule has 3 N–H and O–H groups in total. The summed E-state index contributed by atoms with van der Waals surface area (Å²) >= 11 is 5.05. The number of carbonyl (C=O) groups excluding carboxylic acids is 1. The quantitative estimate of drug-likeness (QED) is 0.760. The van der Waals surface area contributed by atoms with Crippen molar-refractivity contribution in [3.63, 3.8) is 0 Å². The molecule has 3 nitrogen and oxygen atoms in total. The number of benzene rings is 1. The van der Waals surface area contributed by atoms with Crippen molar-refractivity contribution in [1.82, 2.24) is 5.32 Å². The van der Waals surface area contributed by atoms with Crippen LogP contribution in [0.15, 0.2) is 30.3 Å². The van der Waals surface area contributed by atoms with Crippen LogP contribution < -0.4 is 11.1 Å². The van der Waals surface area contributed by atoms with Gasteiger partial charge in [0.2, 0.25) is 5.91 Å². The van der Waals surface area contributed by atoms with Gasteiger partial charge in [-0.2, -0.15) is 0 Å². The molecule has 0 fully saturated rings. The summed E-state index contributed by atoms with van der Waals surface area (Å²) in [6.45, 7) is 7.00. The van der Waals surface area contributed by atoms with Crippen molar-refractivity contribution in [2.24, 2.45) is 17.1 Å².